The van der Waals surface area contributed by atoms with Gasteiger partial charge in [0.2, 0.25) is 5.82 Å². The lowest BCUT2D eigenvalue weighted by Gasteiger charge is -2.15. The maximum Gasteiger partial charge on any atom is 0.333 e. The van der Waals surface area contributed by atoms with Crippen LogP contribution in [0.1, 0.15) is 90.2 Å². The van der Waals surface area contributed by atoms with Crippen LogP contribution < -0.4 is 11.2 Å². The second-order valence-electron chi connectivity index (χ2n) is 7.89. The highest BCUT2D eigenvalue weighted by Crippen LogP contribution is 2.20. The van der Waals surface area contributed by atoms with E-state index >= 15 is 0 Å². The Morgan fingerprint density at radius 3 is 2.43 bits per heavy atom. The van der Waals surface area contributed by atoms with E-state index in [1.54, 1.807) is 0 Å². The molecule has 1 aliphatic heterocycles. The van der Waals surface area contributed by atoms with Crippen molar-refractivity contribution < 1.29 is 18.7 Å². The van der Waals surface area contributed by atoms with Crippen molar-refractivity contribution in [1.82, 2.24) is 9.13 Å². The SMILES string of the molecule is CCCCCCCCCCCC(=O)OCCn1c(=O)c(F)cn([C@H]2CCCO2)c1=O. The highest BCUT2D eigenvalue weighted by Gasteiger charge is 2.22. The number of esters is 1. The minimum Gasteiger partial charge on any atom is -0.464 e. The Hall–Kier alpha value is -1.96. The second-order valence-corrected chi connectivity index (χ2v) is 7.89. The predicted molar refractivity (Wildman–Crippen MR) is 112 cm³/mol. The highest BCUT2D eigenvalue weighted by atomic mass is 19.1. The smallest absolute Gasteiger partial charge is 0.333 e. The van der Waals surface area contributed by atoms with Gasteiger partial charge in [-0.25, -0.2) is 4.79 Å². The summed E-state index contributed by atoms with van der Waals surface area (Å²) in [6.07, 6.45) is 12.4. The molecule has 0 saturated carbocycles. The van der Waals surface area contributed by atoms with E-state index in [2.05, 4.69) is 6.92 Å². The van der Waals surface area contributed by atoms with E-state index in [4.69, 9.17) is 9.47 Å². The lowest BCUT2D eigenvalue weighted by molar-refractivity contribution is -0.144. The summed E-state index contributed by atoms with van der Waals surface area (Å²) in [5.41, 5.74) is -1.66. The molecule has 0 bridgehead atoms. The molecule has 8 heteroatoms. The van der Waals surface area contributed by atoms with Crippen LogP contribution in [0.2, 0.25) is 0 Å². The van der Waals surface area contributed by atoms with Crippen LogP contribution in [0.3, 0.4) is 0 Å². The fourth-order valence-corrected chi connectivity index (χ4v) is 3.67. The van der Waals surface area contributed by atoms with E-state index < -0.39 is 23.3 Å². The van der Waals surface area contributed by atoms with E-state index in [1.165, 1.54) is 38.5 Å². The molecule has 0 radical (unpaired) electrons. The summed E-state index contributed by atoms with van der Waals surface area (Å²) < 4.78 is 26.4. The fourth-order valence-electron chi connectivity index (χ4n) is 3.67. The summed E-state index contributed by atoms with van der Waals surface area (Å²) in [6, 6.07) is 0. The van der Waals surface area contributed by atoms with Gasteiger partial charge in [0, 0.05) is 13.0 Å². The average Bonchev–Trinajstić information content (AvgIpc) is 3.26. The lowest BCUT2D eigenvalue weighted by atomic mass is 10.1. The van der Waals surface area contributed by atoms with E-state index in [0.717, 1.165) is 41.0 Å². The number of hydrogen-bond donors (Lipinski definition) is 0. The van der Waals surface area contributed by atoms with Crippen LogP contribution in [-0.4, -0.2) is 28.3 Å². The molecular weight excluding hydrogens is 391 g/mol. The molecule has 0 aliphatic carbocycles. The Morgan fingerprint density at radius 2 is 1.80 bits per heavy atom. The van der Waals surface area contributed by atoms with Crippen LogP contribution in [0.15, 0.2) is 15.8 Å². The van der Waals surface area contributed by atoms with Gasteiger partial charge in [-0.15, -0.1) is 0 Å². The molecule has 0 unspecified atom stereocenters. The number of ether oxygens (including phenoxy) is 2. The van der Waals surface area contributed by atoms with Crippen LogP contribution in [-0.2, 0) is 20.8 Å². The summed E-state index contributed by atoms with van der Waals surface area (Å²) in [5.74, 6) is -1.38. The van der Waals surface area contributed by atoms with Crippen molar-refractivity contribution >= 4 is 5.97 Å². The zero-order valence-electron chi connectivity index (χ0n) is 18.1. The van der Waals surface area contributed by atoms with Crippen molar-refractivity contribution in [2.24, 2.45) is 0 Å². The first kappa shape index (κ1) is 24.3. The van der Waals surface area contributed by atoms with Crippen LogP contribution in [0, 0.1) is 5.82 Å². The van der Waals surface area contributed by atoms with Gasteiger partial charge in [0.15, 0.2) is 0 Å². The number of halogens is 1. The number of aromatic nitrogens is 2. The third kappa shape index (κ3) is 7.70. The second kappa shape index (κ2) is 13.4. The zero-order chi connectivity index (χ0) is 21.8. The predicted octanol–water partition coefficient (Wildman–Crippen LogP) is 3.92. The molecule has 2 heterocycles. The van der Waals surface area contributed by atoms with Gasteiger partial charge in [0.1, 0.15) is 12.8 Å². The van der Waals surface area contributed by atoms with Crippen molar-refractivity contribution in [2.75, 3.05) is 13.2 Å². The molecule has 1 atom stereocenters. The van der Waals surface area contributed by atoms with Crippen molar-refractivity contribution in [3.63, 3.8) is 0 Å². The molecule has 1 aromatic rings. The fraction of sp³-hybridized carbons (Fsp3) is 0.773. The van der Waals surface area contributed by atoms with Gasteiger partial charge < -0.3 is 9.47 Å². The minimum absolute atomic E-state index is 0.139. The molecule has 1 fully saturated rings. The van der Waals surface area contributed by atoms with Gasteiger partial charge in [-0.3, -0.25) is 18.7 Å². The summed E-state index contributed by atoms with van der Waals surface area (Å²) >= 11 is 0. The standard InChI is InChI=1S/C22H35FN2O5/c1-2-3-4-5-6-7-8-9-10-13-20(26)30-16-14-24-21(27)18(23)17-25(22(24)28)19-12-11-15-29-19/h17,19H,2-16H2,1H3/t19-/m1/s1. The van der Waals surface area contributed by atoms with Crippen molar-refractivity contribution in [3.8, 4) is 0 Å². The number of hydrogen-bond acceptors (Lipinski definition) is 5. The molecule has 7 nitrogen and oxygen atoms in total. The van der Waals surface area contributed by atoms with Gasteiger partial charge in [0.05, 0.1) is 12.7 Å². The largest absolute Gasteiger partial charge is 0.464 e. The summed E-state index contributed by atoms with van der Waals surface area (Å²) in [6.45, 7) is 2.39. The van der Waals surface area contributed by atoms with Crippen LogP contribution in [0.25, 0.3) is 0 Å². The summed E-state index contributed by atoms with van der Waals surface area (Å²) in [4.78, 5) is 36.3. The highest BCUT2D eigenvalue weighted by molar-refractivity contribution is 5.69. The number of nitrogens with zero attached hydrogens (tertiary/aromatic N) is 2. The average molecular weight is 427 g/mol. The first-order valence-corrected chi connectivity index (χ1v) is 11.3. The molecule has 1 saturated heterocycles. The van der Waals surface area contributed by atoms with Gasteiger partial charge >= 0.3 is 11.7 Å². The molecule has 0 spiro atoms. The van der Waals surface area contributed by atoms with Crippen LogP contribution in [0.4, 0.5) is 4.39 Å². The monoisotopic (exact) mass is 426 g/mol. The first-order valence-electron chi connectivity index (χ1n) is 11.3. The van der Waals surface area contributed by atoms with Gasteiger partial charge in [-0.2, -0.15) is 4.39 Å². The van der Waals surface area contributed by atoms with E-state index in [1.807, 2.05) is 0 Å². The minimum atomic E-state index is -1.02. The normalized spacial score (nSPS) is 16.1. The Morgan fingerprint density at radius 1 is 1.13 bits per heavy atom. The Labute approximate surface area is 177 Å². The Balaban J connectivity index is 1.69. The number of rotatable bonds is 14. The topological polar surface area (TPSA) is 79.5 Å². The molecular formula is C22H35FN2O5. The summed E-state index contributed by atoms with van der Waals surface area (Å²) in [5, 5.41) is 0. The van der Waals surface area contributed by atoms with Gasteiger partial charge in [0.25, 0.3) is 5.56 Å². The molecule has 0 aromatic carbocycles. The first-order chi connectivity index (χ1) is 14.5. The Bertz CT molecular complexity index is 768. The van der Waals surface area contributed by atoms with Crippen LogP contribution in [0.5, 0.6) is 0 Å². The zero-order valence-corrected chi connectivity index (χ0v) is 18.1. The Kier molecular flexibility index (Phi) is 10.8. The lowest BCUT2D eigenvalue weighted by Crippen LogP contribution is -2.43. The maximum absolute atomic E-state index is 14.0. The van der Waals surface area contributed by atoms with Crippen molar-refractivity contribution in [3.05, 3.63) is 32.9 Å². The van der Waals surface area contributed by atoms with Crippen molar-refractivity contribution in [2.45, 2.75) is 96.7 Å². The third-order valence-electron chi connectivity index (χ3n) is 5.43. The molecule has 2 rings (SSSR count). The van der Waals surface area contributed by atoms with Gasteiger partial charge in [-0.05, 0) is 19.3 Å². The quantitative estimate of drug-likeness (QED) is 0.333. The molecule has 170 valence electrons. The van der Waals surface area contributed by atoms with Crippen LogP contribution >= 0.6 is 0 Å². The number of carbonyl (C=O) groups is 1. The molecule has 0 N–H and O–H groups in total. The molecule has 1 aliphatic rings. The van der Waals surface area contributed by atoms with E-state index in [-0.39, 0.29) is 19.1 Å². The number of carbonyl (C=O) groups excluding carboxylic acids is 1. The van der Waals surface area contributed by atoms with Crippen molar-refractivity contribution in [1.29, 1.82) is 0 Å². The molecule has 0 amide bonds. The third-order valence-corrected chi connectivity index (χ3v) is 5.43. The molecule has 30 heavy (non-hydrogen) atoms. The van der Waals surface area contributed by atoms with Gasteiger partial charge in [-0.1, -0.05) is 58.3 Å². The molecule has 1 aromatic heterocycles. The maximum atomic E-state index is 14.0. The number of unbranched alkanes of at least 4 members (excludes halogenated alkanes) is 8. The summed E-state index contributed by atoms with van der Waals surface area (Å²) in [7, 11) is 0. The van der Waals surface area contributed by atoms with E-state index in [9.17, 15) is 18.8 Å². The van der Waals surface area contributed by atoms with E-state index in [0.29, 0.717) is 19.4 Å².